The molecule has 1 N–H and O–H groups in total. The molecule has 1 aromatic rings. The highest BCUT2D eigenvalue weighted by Gasteiger charge is 2.31. The van der Waals surface area contributed by atoms with Gasteiger partial charge in [0.15, 0.2) is 0 Å². The Morgan fingerprint density at radius 2 is 2.12 bits per heavy atom. The Balaban J connectivity index is 2.69. The summed E-state index contributed by atoms with van der Waals surface area (Å²) in [7, 11) is 0. The number of halogens is 4. The largest absolute Gasteiger partial charge is 0.573 e. The number of hydrogen-bond acceptors (Lipinski definition) is 2. The van der Waals surface area contributed by atoms with Crippen molar-refractivity contribution < 1.29 is 22.7 Å². The van der Waals surface area contributed by atoms with Crippen molar-refractivity contribution in [3.8, 4) is 5.75 Å². The van der Waals surface area contributed by atoms with E-state index in [4.69, 9.17) is 11.6 Å². The van der Waals surface area contributed by atoms with Crippen LogP contribution in [0.2, 0.25) is 0 Å². The molecule has 0 saturated heterocycles. The first-order chi connectivity index (χ1) is 7.90. The first-order valence-corrected chi connectivity index (χ1v) is 5.16. The van der Waals surface area contributed by atoms with Gasteiger partial charge in [0.1, 0.15) is 5.75 Å². The number of benzene rings is 1. The van der Waals surface area contributed by atoms with Gasteiger partial charge in [-0.05, 0) is 12.1 Å². The van der Waals surface area contributed by atoms with Crippen molar-refractivity contribution in [2.75, 3.05) is 11.2 Å². The molecular formula is C10H9ClF3NO2. The Morgan fingerprint density at radius 3 is 2.71 bits per heavy atom. The van der Waals surface area contributed by atoms with Gasteiger partial charge in [0, 0.05) is 24.1 Å². The molecule has 0 atom stereocenters. The number of amides is 1. The monoisotopic (exact) mass is 267 g/mol. The highest BCUT2D eigenvalue weighted by Crippen LogP contribution is 2.24. The maximum atomic E-state index is 11.9. The number of ether oxygens (including phenoxy) is 1. The third-order valence-corrected chi connectivity index (χ3v) is 1.86. The van der Waals surface area contributed by atoms with Crippen molar-refractivity contribution in [1.82, 2.24) is 0 Å². The fourth-order valence-corrected chi connectivity index (χ4v) is 1.25. The van der Waals surface area contributed by atoms with E-state index in [1.54, 1.807) is 0 Å². The second-order valence-corrected chi connectivity index (χ2v) is 3.44. The van der Waals surface area contributed by atoms with Gasteiger partial charge in [-0.25, -0.2) is 0 Å². The third kappa shape index (κ3) is 5.44. The number of nitrogens with one attached hydrogen (secondary N) is 1. The molecule has 1 aromatic carbocycles. The quantitative estimate of drug-likeness (QED) is 0.851. The van der Waals surface area contributed by atoms with E-state index in [0.29, 0.717) is 0 Å². The average molecular weight is 268 g/mol. The summed E-state index contributed by atoms with van der Waals surface area (Å²) in [6.07, 6.45) is -4.66. The molecule has 0 bridgehead atoms. The van der Waals surface area contributed by atoms with Gasteiger partial charge in [0.2, 0.25) is 5.91 Å². The first kappa shape index (κ1) is 13.6. The zero-order valence-corrected chi connectivity index (χ0v) is 9.31. The average Bonchev–Trinajstić information content (AvgIpc) is 2.15. The van der Waals surface area contributed by atoms with Crippen LogP contribution in [-0.4, -0.2) is 18.1 Å². The van der Waals surface area contributed by atoms with Crippen LogP contribution in [0.25, 0.3) is 0 Å². The topological polar surface area (TPSA) is 38.3 Å². The van der Waals surface area contributed by atoms with E-state index < -0.39 is 6.36 Å². The summed E-state index contributed by atoms with van der Waals surface area (Å²) in [6, 6.07) is 5.02. The van der Waals surface area contributed by atoms with Gasteiger partial charge in [0.25, 0.3) is 0 Å². The number of hydrogen-bond donors (Lipinski definition) is 1. The molecule has 17 heavy (non-hydrogen) atoms. The van der Waals surface area contributed by atoms with Crippen LogP contribution in [0.1, 0.15) is 6.42 Å². The number of rotatable bonds is 4. The van der Waals surface area contributed by atoms with Crippen molar-refractivity contribution in [1.29, 1.82) is 0 Å². The minimum absolute atomic E-state index is 0.0892. The van der Waals surface area contributed by atoms with Gasteiger partial charge >= 0.3 is 6.36 Å². The molecule has 94 valence electrons. The minimum Gasteiger partial charge on any atom is -0.406 e. The summed E-state index contributed by atoms with van der Waals surface area (Å²) < 4.78 is 39.5. The molecule has 1 rings (SSSR count). The molecule has 0 unspecified atom stereocenters. The molecular weight excluding hydrogens is 259 g/mol. The zero-order valence-electron chi connectivity index (χ0n) is 8.55. The zero-order chi connectivity index (χ0) is 12.9. The molecule has 0 heterocycles. The highest BCUT2D eigenvalue weighted by atomic mass is 35.5. The number of carbonyl (C=O) groups is 1. The Morgan fingerprint density at radius 1 is 1.41 bits per heavy atom. The molecule has 0 aliphatic rings. The predicted molar refractivity (Wildman–Crippen MR) is 57.1 cm³/mol. The van der Waals surface area contributed by atoms with Crippen LogP contribution in [0.3, 0.4) is 0 Å². The summed E-state index contributed by atoms with van der Waals surface area (Å²) in [5, 5.41) is 2.40. The lowest BCUT2D eigenvalue weighted by atomic mass is 10.3. The molecule has 0 aromatic heterocycles. The molecule has 0 spiro atoms. The molecule has 0 aliphatic carbocycles. The molecule has 0 aliphatic heterocycles. The van der Waals surface area contributed by atoms with Crippen LogP contribution in [0.15, 0.2) is 24.3 Å². The van der Waals surface area contributed by atoms with Crippen molar-refractivity contribution in [2.24, 2.45) is 0 Å². The van der Waals surface area contributed by atoms with E-state index in [-0.39, 0.29) is 29.6 Å². The lowest BCUT2D eigenvalue weighted by Crippen LogP contribution is -2.17. The summed E-state index contributed by atoms with van der Waals surface area (Å²) in [6.45, 7) is 0. The van der Waals surface area contributed by atoms with Crippen molar-refractivity contribution in [2.45, 2.75) is 12.8 Å². The summed E-state index contributed by atoms with van der Waals surface area (Å²) in [4.78, 5) is 11.2. The summed E-state index contributed by atoms with van der Waals surface area (Å²) >= 11 is 5.35. The van der Waals surface area contributed by atoms with E-state index in [2.05, 4.69) is 10.1 Å². The Kier molecular flexibility index (Phi) is 4.62. The SMILES string of the molecule is O=C(CCCl)Nc1cccc(OC(F)(F)F)c1. The van der Waals surface area contributed by atoms with E-state index in [1.807, 2.05) is 0 Å². The number of alkyl halides is 4. The van der Waals surface area contributed by atoms with E-state index in [1.165, 1.54) is 12.1 Å². The second kappa shape index (κ2) is 5.77. The fraction of sp³-hybridized carbons (Fsp3) is 0.300. The lowest BCUT2D eigenvalue weighted by Gasteiger charge is -2.10. The van der Waals surface area contributed by atoms with Crippen LogP contribution in [0.4, 0.5) is 18.9 Å². The van der Waals surface area contributed by atoms with Crippen molar-refractivity contribution >= 4 is 23.2 Å². The Labute approximate surface area is 101 Å². The highest BCUT2D eigenvalue weighted by molar-refractivity contribution is 6.19. The van der Waals surface area contributed by atoms with Gasteiger partial charge in [-0.15, -0.1) is 24.8 Å². The van der Waals surface area contributed by atoms with Gasteiger partial charge in [0.05, 0.1) is 0 Å². The maximum absolute atomic E-state index is 11.9. The number of carbonyl (C=O) groups excluding carboxylic acids is 1. The molecule has 7 heteroatoms. The number of anilines is 1. The van der Waals surface area contributed by atoms with Gasteiger partial charge < -0.3 is 10.1 Å². The summed E-state index contributed by atoms with van der Waals surface area (Å²) in [5.74, 6) is -0.616. The van der Waals surface area contributed by atoms with Crippen molar-refractivity contribution in [3.05, 3.63) is 24.3 Å². The van der Waals surface area contributed by atoms with Crippen LogP contribution in [0.5, 0.6) is 5.75 Å². The van der Waals surface area contributed by atoms with E-state index in [9.17, 15) is 18.0 Å². The van der Waals surface area contributed by atoms with Crippen LogP contribution in [0, 0.1) is 0 Å². The Hall–Kier alpha value is -1.43. The molecule has 1 amide bonds. The molecule has 0 saturated carbocycles. The van der Waals surface area contributed by atoms with Gasteiger partial charge in [-0.2, -0.15) is 0 Å². The molecule has 3 nitrogen and oxygen atoms in total. The molecule has 0 fully saturated rings. The smallest absolute Gasteiger partial charge is 0.406 e. The Bertz CT molecular complexity index is 395. The van der Waals surface area contributed by atoms with Crippen molar-refractivity contribution in [3.63, 3.8) is 0 Å². The second-order valence-electron chi connectivity index (χ2n) is 3.06. The maximum Gasteiger partial charge on any atom is 0.573 e. The van der Waals surface area contributed by atoms with Crippen LogP contribution in [-0.2, 0) is 4.79 Å². The standard InChI is InChI=1S/C10H9ClF3NO2/c11-5-4-9(16)15-7-2-1-3-8(6-7)17-10(12,13)14/h1-3,6H,4-5H2,(H,15,16). The third-order valence-electron chi connectivity index (χ3n) is 1.67. The first-order valence-electron chi connectivity index (χ1n) is 4.62. The van der Waals surface area contributed by atoms with Crippen LogP contribution < -0.4 is 10.1 Å². The lowest BCUT2D eigenvalue weighted by molar-refractivity contribution is -0.274. The minimum atomic E-state index is -4.75. The fourth-order valence-electron chi connectivity index (χ4n) is 1.08. The normalized spacial score (nSPS) is 11.1. The van der Waals surface area contributed by atoms with Gasteiger partial charge in [-0.3, -0.25) is 4.79 Å². The van der Waals surface area contributed by atoms with E-state index in [0.717, 1.165) is 12.1 Å². The predicted octanol–water partition coefficient (Wildman–Crippen LogP) is 3.15. The van der Waals surface area contributed by atoms with Crippen LogP contribution >= 0.6 is 11.6 Å². The summed E-state index contributed by atoms with van der Waals surface area (Å²) in [5.41, 5.74) is 0.224. The van der Waals surface area contributed by atoms with Gasteiger partial charge in [-0.1, -0.05) is 6.07 Å². The molecule has 0 radical (unpaired) electrons. The van der Waals surface area contributed by atoms with E-state index >= 15 is 0 Å².